The first-order valence-electron chi connectivity index (χ1n) is 5.43. The predicted molar refractivity (Wildman–Crippen MR) is 63.5 cm³/mol. The van der Waals surface area contributed by atoms with Crippen molar-refractivity contribution in [3.8, 4) is 11.8 Å². The summed E-state index contributed by atoms with van der Waals surface area (Å²) in [6.07, 6.45) is 5.85. The number of hydrogen-bond acceptors (Lipinski definition) is 3. The number of rotatable bonds is 5. The summed E-state index contributed by atoms with van der Waals surface area (Å²) in [5.74, 6) is 0.826. The standard InChI is InChI=1S/C13H13N3O/c14-6-5-12-1-3-13(4-2-12)17-10-9-16-8-7-15-11-16/h1-4,7-8,11H,5,9-10H2. The lowest BCUT2D eigenvalue weighted by atomic mass is 10.2. The zero-order chi connectivity index (χ0) is 11.9. The fourth-order valence-corrected chi connectivity index (χ4v) is 1.48. The monoisotopic (exact) mass is 227 g/mol. The van der Waals surface area contributed by atoms with Crippen molar-refractivity contribution >= 4 is 0 Å². The van der Waals surface area contributed by atoms with Crippen LogP contribution in [-0.4, -0.2) is 16.2 Å². The first kappa shape index (κ1) is 11.2. The molecule has 1 heterocycles. The largest absolute Gasteiger partial charge is 0.492 e. The van der Waals surface area contributed by atoms with Crippen molar-refractivity contribution in [1.82, 2.24) is 9.55 Å². The molecule has 2 rings (SSSR count). The molecule has 0 spiro atoms. The van der Waals surface area contributed by atoms with Crippen LogP contribution in [0.5, 0.6) is 5.75 Å². The Labute approximate surface area is 100 Å². The van der Waals surface area contributed by atoms with Crippen LogP contribution in [0.25, 0.3) is 0 Å². The molecule has 0 radical (unpaired) electrons. The average molecular weight is 227 g/mol. The number of hydrogen-bond donors (Lipinski definition) is 0. The summed E-state index contributed by atoms with van der Waals surface area (Å²) in [5.41, 5.74) is 1.01. The van der Waals surface area contributed by atoms with Gasteiger partial charge in [-0.15, -0.1) is 0 Å². The minimum atomic E-state index is 0.440. The van der Waals surface area contributed by atoms with Crippen LogP contribution in [0, 0.1) is 11.3 Å². The van der Waals surface area contributed by atoms with Gasteiger partial charge < -0.3 is 9.30 Å². The van der Waals surface area contributed by atoms with E-state index in [1.807, 2.05) is 35.0 Å². The SMILES string of the molecule is N#CCc1ccc(OCCn2ccnc2)cc1. The molecule has 0 bridgehead atoms. The average Bonchev–Trinajstić information content (AvgIpc) is 2.85. The molecule has 1 aromatic heterocycles. The molecule has 0 unspecified atom stereocenters. The Bertz CT molecular complexity index is 482. The highest BCUT2D eigenvalue weighted by Gasteiger charge is 1.96. The van der Waals surface area contributed by atoms with Crippen molar-refractivity contribution < 1.29 is 4.74 Å². The lowest BCUT2D eigenvalue weighted by molar-refractivity contribution is 0.298. The highest BCUT2D eigenvalue weighted by molar-refractivity contribution is 5.28. The molecular weight excluding hydrogens is 214 g/mol. The molecule has 0 aliphatic carbocycles. The summed E-state index contributed by atoms with van der Waals surface area (Å²) in [7, 11) is 0. The Kier molecular flexibility index (Phi) is 3.77. The van der Waals surface area contributed by atoms with Crippen molar-refractivity contribution in [2.45, 2.75) is 13.0 Å². The molecule has 1 aromatic carbocycles. The smallest absolute Gasteiger partial charge is 0.119 e. The Hall–Kier alpha value is -2.28. The maximum Gasteiger partial charge on any atom is 0.119 e. The van der Waals surface area contributed by atoms with Crippen molar-refractivity contribution in [3.63, 3.8) is 0 Å². The van der Waals surface area contributed by atoms with Crippen molar-refractivity contribution in [2.75, 3.05) is 6.61 Å². The van der Waals surface area contributed by atoms with E-state index < -0.39 is 0 Å². The van der Waals surface area contributed by atoms with Crippen molar-refractivity contribution in [1.29, 1.82) is 5.26 Å². The fraction of sp³-hybridized carbons (Fsp3) is 0.231. The van der Waals surface area contributed by atoms with E-state index in [0.717, 1.165) is 17.9 Å². The molecule has 0 saturated heterocycles. The van der Waals surface area contributed by atoms with E-state index in [4.69, 9.17) is 10.00 Å². The summed E-state index contributed by atoms with van der Waals surface area (Å²) < 4.78 is 7.54. The van der Waals surface area contributed by atoms with Gasteiger partial charge in [-0.3, -0.25) is 0 Å². The van der Waals surface area contributed by atoms with E-state index in [2.05, 4.69) is 11.1 Å². The maximum atomic E-state index is 8.55. The normalized spacial score (nSPS) is 9.82. The molecule has 0 atom stereocenters. The molecule has 2 aromatic rings. The first-order chi connectivity index (χ1) is 8.38. The van der Waals surface area contributed by atoms with Crippen LogP contribution in [0.15, 0.2) is 43.0 Å². The zero-order valence-electron chi connectivity index (χ0n) is 9.41. The third kappa shape index (κ3) is 3.35. The van der Waals surface area contributed by atoms with Crippen LogP contribution in [0.4, 0.5) is 0 Å². The Morgan fingerprint density at radius 1 is 1.29 bits per heavy atom. The molecule has 86 valence electrons. The van der Waals surface area contributed by atoms with Crippen LogP contribution in [-0.2, 0) is 13.0 Å². The third-order valence-corrected chi connectivity index (χ3v) is 2.38. The van der Waals surface area contributed by atoms with Gasteiger partial charge in [-0.05, 0) is 17.7 Å². The van der Waals surface area contributed by atoms with Gasteiger partial charge in [0.05, 0.1) is 25.4 Å². The second-order valence-electron chi connectivity index (χ2n) is 3.63. The minimum absolute atomic E-state index is 0.440. The highest BCUT2D eigenvalue weighted by Crippen LogP contribution is 2.12. The van der Waals surface area contributed by atoms with E-state index in [1.165, 1.54) is 0 Å². The topological polar surface area (TPSA) is 50.8 Å². The first-order valence-corrected chi connectivity index (χ1v) is 5.43. The summed E-state index contributed by atoms with van der Waals surface area (Å²) in [6, 6.07) is 9.72. The zero-order valence-corrected chi connectivity index (χ0v) is 9.41. The molecule has 4 nitrogen and oxygen atoms in total. The summed E-state index contributed by atoms with van der Waals surface area (Å²) >= 11 is 0. The van der Waals surface area contributed by atoms with E-state index in [1.54, 1.807) is 12.5 Å². The van der Waals surface area contributed by atoms with Gasteiger partial charge >= 0.3 is 0 Å². The second-order valence-corrected chi connectivity index (χ2v) is 3.63. The quantitative estimate of drug-likeness (QED) is 0.785. The molecule has 0 aliphatic rings. The Morgan fingerprint density at radius 2 is 2.12 bits per heavy atom. The lowest BCUT2D eigenvalue weighted by Crippen LogP contribution is -2.06. The molecule has 0 amide bonds. The number of ether oxygens (including phenoxy) is 1. The minimum Gasteiger partial charge on any atom is -0.492 e. The van der Waals surface area contributed by atoms with E-state index >= 15 is 0 Å². The van der Waals surface area contributed by atoms with Gasteiger partial charge in [0.2, 0.25) is 0 Å². The lowest BCUT2D eigenvalue weighted by Gasteiger charge is -2.06. The molecule has 0 saturated carbocycles. The van der Waals surface area contributed by atoms with Crippen LogP contribution in [0.3, 0.4) is 0 Å². The van der Waals surface area contributed by atoms with Crippen molar-refractivity contribution in [3.05, 3.63) is 48.5 Å². The number of benzene rings is 1. The van der Waals surface area contributed by atoms with E-state index in [0.29, 0.717) is 13.0 Å². The van der Waals surface area contributed by atoms with Gasteiger partial charge in [-0.25, -0.2) is 4.98 Å². The highest BCUT2D eigenvalue weighted by atomic mass is 16.5. The number of nitriles is 1. The van der Waals surface area contributed by atoms with E-state index in [-0.39, 0.29) is 0 Å². The Morgan fingerprint density at radius 3 is 2.76 bits per heavy atom. The molecule has 17 heavy (non-hydrogen) atoms. The Balaban J connectivity index is 1.81. The van der Waals surface area contributed by atoms with Gasteiger partial charge in [0.25, 0.3) is 0 Å². The number of aromatic nitrogens is 2. The van der Waals surface area contributed by atoms with E-state index in [9.17, 15) is 0 Å². The molecule has 0 fully saturated rings. The van der Waals surface area contributed by atoms with Gasteiger partial charge in [-0.1, -0.05) is 12.1 Å². The fourth-order valence-electron chi connectivity index (χ4n) is 1.48. The number of nitrogens with zero attached hydrogens (tertiary/aromatic N) is 3. The van der Waals surface area contributed by atoms with Crippen LogP contribution < -0.4 is 4.74 Å². The van der Waals surface area contributed by atoms with Gasteiger partial charge in [-0.2, -0.15) is 5.26 Å². The predicted octanol–water partition coefficient (Wildman–Crippen LogP) is 2.03. The molecule has 0 N–H and O–H groups in total. The summed E-state index contributed by atoms with van der Waals surface area (Å²) in [4.78, 5) is 3.96. The maximum absolute atomic E-state index is 8.55. The van der Waals surface area contributed by atoms with Gasteiger partial charge in [0.1, 0.15) is 12.4 Å². The summed E-state index contributed by atoms with van der Waals surface area (Å²) in [5, 5.41) is 8.55. The van der Waals surface area contributed by atoms with Crippen LogP contribution in [0.2, 0.25) is 0 Å². The van der Waals surface area contributed by atoms with Gasteiger partial charge in [0, 0.05) is 12.4 Å². The summed E-state index contributed by atoms with van der Waals surface area (Å²) in [6.45, 7) is 1.38. The third-order valence-electron chi connectivity index (χ3n) is 2.38. The van der Waals surface area contributed by atoms with Gasteiger partial charge in [0.15, 0.2) is 0 Å². The van der Waals surface area contributed by atoms with Crippen molar-refractivity contribution in [2.24, 2.45) is 0 Å². The molecule has 0 aliphatic heterocycles. The second kappa shape index (κ2) is 5.71. The van der Waals surface area contributed by atoms with Crippen LogP contribution >= 0.6 is 0 Å². The molecule has 4 heteroatoms. The van der Waals surface area contributed by atoms with Crippen LogP contribution in [0.1, 0.15) is 5.56 Å². The molecular formula is C13H13N3O. The number of imidazole rings is 1.